The van der Waals surface area contributed by atoms with E-state index in [4.69, 9.17) is 9.47 Å². The first-order valence-electron chi connectivity index (χ1n) is 8.29. The Bertz CT molecular complexity index is 911. The summed E-state index contributed by atoms with van der Waals surface area (Å²) in [5.74, 6) is 0.898. The summed E-state index contributed by atoms with van der Waals surface area (Å²) in [6.45, 7) is 0.903. The summed E-state index contributed by atoms with van der Waals surface area (Å²) >= 11 is 1.21. The molecule has 2 aliphatic rings. The van der Waals surface area contributed by atoms with Crippen LogP contribution in [0.25, 0.3) is 0 Å². The lowest BCUT2D eigenvalue weighted by molar-refractivity contribution is 0.0946. The van der Waals surface area contributed by atoms with Crippen LogP contribution in [0.4, 0.5) is 0 Å². The number of carbonyl (C=O) groups excluding carboxylic acids is 1. The fourth-order valence-corrected chi connectivity index (χ4v) is 6.02. The first kappa shape index (κ1) is 17.3. The lowest BCUT2D eigenvalue weighted by Crippen LogP contribution is -2.42. The molecule has 1 amide bonds. The third-order valence-corrected chi connectivity index (χ3v) is 7.84. The van der Waals surface area contributed by atoms with Gasteiger partial charge in [0.05, 0.1) is 0 Å². The van der Waals surface area contributed by atoms with Crippen LogP contribution in [0.2, 0.25) is 0 Å². The number of hydrogen-bond acceptors (Lipinski definition) is 6. The average molecular weight is 394 g/mol. The van der Waals surface area contributed by atoms with Crippen LogP contribution in [0.5, 0.6) is 11.5 Å². The van der Waals surface area contributed by atoms with Crippen LogP contribution < -0.4 is 14.8 Å². The smallest absolute Gasteiger partial charge is 0.252 e. The Balaban J connectivity index is 1.43. The zero-order valence-electron chi connectivity index (χ0n) is 13.9. The molecular weight excluding hydrogens is 376 g/mol. The van der Waals surface area contributed by atoms with E-state index in [9.17, 15) is 13.2 Å². The van der Waals surface area contributed by atoms with E-state index in [1.54, 1.807) is 35.7 Å². The molecule has 1 atom stereocenters. The fourth-order valence-electron chi connectivity index (χ4n) is 3.21. The van der Waals surface area contributed by atoms with Gasteiger partial charge in [-0.25, -0.2) is 8.42 Å². The van der Waals surface area contributed by atoms with Crippen molar-refractivity contribution < 1.29 is 22.7 Å². The van der Waals surface area contributed by atoms with Gasteiger partial charge in [-0.15, -0.1) is 11.3 Å². The van der Waals surface area contributed by atoms with Crippen molar-refractivity contribution in [2.75, 3.05) is 19.9 Å². The third-order valence-electron chi connectivity index (χ3n) is 4.51. The number of nitrogens with zero attached hydrogens (tertiary/aromatic N) is 1. The fraction of sp³-hybridized carbons (Fsp3) is 0.353. The number of thiophene rings is 1. The highest BCUT2D eigenvalue weighted by Crippen LogP contribution is 2.32. The van der Waals surface area contributed by atoms with Gasteiger partial charge in [-0.05, 0) is 42.5 Å². The molecule has 9 heteroatoms. The Labute approximate surface area is 155 Å². The first-order chi connectivity index (χ1) is 12.6. The van der Waals surface area contributed by atoms with Crippen molar-refractivity contribution in [1.29, 1.82) is 0 Å². The van der Waals surface area contributed by atoms with Gasteiger partial charge in [0.2, 0.25) is 6.79 Å². The number of benzene rings is 1. The van der Waals surface area contributed by atoms with Crippen molar-refractivity contribution in [2.45, 2.75) is 23.1 Å². The maximum Gasteiger partial charge on any atom is 0.252 e. The second kappa shape index (κ2) is 6.90. The molecule has 1 aromatic carbocycles. The van der Waals surface area contributed by atoms with Crippen LogP contribution >= 0.6 is 11.3 Å². The molecule has 0 radical (unpaired) electrons. The molecule has 2 aliphatic heterocycles. The lowest BCUT2D eigenvalue weighted by atomic mass is 10.1. The van der Waals surface area contributed by atoms with Gasteiger partial charge in [-0.3, -0.25) is 4.79 Å². The Morgan fingerprint density at radius 3 is 2.92 bits per heavy atom. The Kier molecular flexibility index (Phi) is 4.60. The predicted octanol–water partition coefficient (Wildman–Crippen LogP) is 2.06. The molecule has 1 N–H and O–H groups in total. The van der Waals surface area contributed by atoms with E-state index in [0.717, 1.165) is 12.8 Å². The molecule has 0 bridgehead atoms. The zero-order valence-corrected chi connectivity index (χ0v) is 15.5. The van der Waals surface area contributed by atoms with Crippen LogP contribution in [-0.2, 0) is 10.0 Å². The van der Waals surface area contributed by atoms with Gasteiger partial charge in [0.25, 0.3) is 15.9 Å². The van der Waals surface area contributed by atoms with Crippen molar-refractivity contribution in [1.82, 2.24) is 9.62 Å². The molecule has 0 spiro atoms. The number of carbonyl (C=O) groups is 1. The maximum atomic E-state index is 12.7. The highest BCUT2D eigenvalue weighted by molar-refractivity contribution is 7.91. The minimum absolute atomic E-state index is 0.151. The van der Waals surface area contributed by atoms with E-state index in [0.29, 0.717) is 27.8 Å². The lowest BCUT2D eigenvalue weighted by Gasteiger charge is -2.23. The molecule has 26 heavy (non-hydrogen) atoms. The van der Waals surface area contributed by atoms with E-state index >= 15 is 0 Å². The van der Waals surface area contributed by atoms with Gasteiger partial charge in [0.1, 0.15) is 4.21 Å². The summed E-state index contributed by atoms with van der Waals surface area (Å²) in [6, 6.07) is 8.09. The van der Waals surface area contributed by atoms with Crippen molar-refractivity contribution in [2.24, 2.45) is 0 Å². The van der Waals surface area contributed by atoms with Crippen LogP contribution in [0, 0.1) is 0 Å². The summed E-state index contributed by atoms with van der Waals surface area (Å²) in [5, 5.41) is 4.59. The van der Waals surface area contributed by atoms with Crippen LogP contribution in [0.3, 0.4) is 0 Å². The molecule has 138 valence electrons. The van der Waals surface area contributed by atoms with Gasteiger partial charge < -0.3 is 14.8 Å². The molecule has 1 aromatic heterocycles. The van der Waals surface area contributed by atoms with Gasteiger partial charge in [0, 0.05) is 24.7 Å². The molecule has 0 aliphatic carbocycles. The van der Waals surface area contributed by atoms with Crippen molar-refractivity contribution >= 4 is 27.3 Å². The molecule has 1 saturated heterocycles. The van der Waals surface area contributed by atoms with Crippen molar-refractivity contribution in [3.05, 3.63) is 41.3 Å². The molecule has 3 heterocycles. The minimum atomic E-state index is -3.50. The van der Waals surface area contributed by atoms with Gasteiger partial charge in [-0.2, -0.15) is 4.31 Å². The van der Waals surface area contributed by atoms with E-state index < -0.39 is 10.0 Å². The molecule has 2 aromatic rings. The Hall–Kier alpha value is -2.10. The number of nitrogens with one attached hydrogen (secondary N) is 1. The first-order valence-corrected chi connectivity index (χ1v) is 10.6. The SMILES string of the molecule is O=C(NC[C@H]1CCCN1S(=O)(=O)c1cccs1)c1ccc2c(c1)OCO2. The van der Waals surface area contributed by atoms with Gasteiger partial charge in [0.15, 0.2) is 11.5 Å². The second-order valence-electron chi connectivity index (χ2n) is 6.12. The highest BCUT2D eigenvalue weighted by atomic mass is 32.2. The number of sulfonamides is 1. The Morgan fingerprint density at radius 1 is 1.27 bits per heavy atom. The second-order valence-corrected chi connectivity index (χ2v) is 9.19. The molecular formula is C17H18N2O5S2. The molecule has 1 fully saturated rings. The summed E-state index contributed by atoms with van der Waals surface area (Å²) in [6.07, 6.45) is 1.52. The number of amides is 1. The molecule has 4 rings (SSSR count). The van der Waals surface area contributed by atoms with Crippen LogP contribution in [0.15, 0.2) is 39.9 Å². The topological polar surface area (TPSA) is 84.9 Å². The predicted molar refractivity (Wildman–Crippen MR) is 96.1 cm³/mol. The summed E-state index contributed by atoms with van der Waals surface area (Å²) in [4.78, 5) is 12.4. The van der Waals surface area contributed by atoms with Crippen LogP contribution in [-0.4, -0.2) is 44.6 Å². The third kappa shape index (κ3) is 3.17. The van der Waals surface area contributed by atoms with E-state index in [-0.39, 0.29) is 25.3 Å². The van der Waals surface area contributed by atoms with E-state index in [1.165, 1.54) is 15.6 Å². The number of fused-ring (bicyclic) bond motifs is 1. The van der Waals surface area contributed by atoms with Crippen LogP contribution in [0.1, 0.15) is 23.2 Å². The molecule has 0 saturated carbocycles. The number of hydrogen-bond donors (Lipinski definition) is 1. The number of rotatable bonds is 5. The van der Waals surface area contributed by atoms with Crippen molar-refractivity contribution in [3.63, 3.8) is 0 Å². The van der Waals surface area contributed by atoms with E-state index in [2.05, 4.69) is 5.32 Å². The quantitative estimate of drug-likeness (QED) is 0.839. The summed E-state index contributed by atoms with van der Waals surface area (Å²) in [7, 11) is -3.50. The van der Waals surface area contributed by atoms with Gasteiger partial charge in [-0.1, -0.05) is 6.07 Å². The standard InChI is InChI=1S/C17H18N2O5S2/c20-17(12-5-6-14-15(9-12)24-11-23-14)18-10-13-3-1-7-19(13)26(21,22)16-4-2-8-25-16/h2,4-6,8-9,13H,1,3,7,10-11H2,(H,18,20)/t13-/m1/s1. The molecule has 0 unspecified atom stereocenters. The Morgan fingerprint density at radius 2 is 2.12 bits per heavy atom. The monoisotopic (exact) mass is 394 g/mol. The summed E-state index contributed by atoms with van der Waals surface area (Å²) < 4.78 is 37.8. The van der Waals surface area contributed by atoms with Crippen molar-refractivity contribution in [3.8, 4) is 11.5 Å². The van der Waals surface area contributed by atoms with Gasteiger partial charge >= 0.3 is 0 Å². The minimum Gasteiger partial charge on any atom is -0.454 e. The van der Waals surface area contributed by atoms with E-state index in [1.807, 2.05) is 0 Å². The summed E-state index contributed by atoms with van der Waals surface area (Å²) in [5.41, 5.74) is 0.458. The molecule has 7 nitrogen and oxygen atoms in total. The maximum absolute atomic E-state index is 12.7. The normalized spacial score (nSPS) is 19.6. The highest BCUT2D eigenvalue weighted by Gasteiger charge is 2.36. The average Bonchev–Trinajstić information content (AvgIpc) is 3.40. The largest absolute Gasteiger partial charge is 0.454 e. The number of ether oxygens (including phenoxy) is 2. The zero-order chi connectivity index (χ0) is 18.1.